The molecule has 0 aliphatic heterocycles. The first-order chi connectivity index (χ1) is 8.42. The minimum absolute atomic E-state index is 0.168. The topological polar surface area (TPSA) is 85.4 Å². The van der Waals surface area contributed by atoms with Gasteiger partial charge in [-0.3, -0.25) is 0 Å². The molecule has 0 saturated heterocycles. The van der Waals surface area contributed by atoms with E-state index in [0.29, 0.717) is 0 Å². The van der Waals surface area contributed by atoms with E-state index in [1.807, 2.05) is 0 Å². The molecule has 1 unspecified atom stereocenters. The number of aromatic nitrogens is 1. The first kappa shape index (κ1) is 14.6. The molecule has 1 atom stereocenters. The molecule has 0 fully saturated rings. The van der Waals surface area contributed by atoms with E-state index < -0.39 is 22.0 Å². The van der Waals surface area contributed by atoms with Crippen molar-refractivity contribution in [3.05, 3.63) is 11.2 Å². The number of ether oxygens (including phenoxy) is 1. The van der Waals surface area contributed by atoms with Gasteiger partial charge in [-0.25, -0.2) is 22.9 Å². The highest BCUT2D eigenvalue weighted by molar-refractivity contribution is 7.91. The summed E-state index contributed by atoms with van der Waals surface area (Å²) in [7, 11) is -2.66. The Morgan fingerprint density at radius 3 is 2.94 bits per heavy atom. The molecule has 1 aromatic rings. The van der Waals surface area contributed by atoms with Gasteiger partial charge in [0.25, 0.3) is 10.0 Å². The zero-order chi connectivity index (χ0) is 13.8. The van der Waals surface area contributed by atoms with Crippen LogP contribution in [-0.2, 0) is 14.8 Å². The first-order valence-electron chi connectivity index (χ1n) is 4.90. The number of esters is 1. The van der Waals surface area contributed by atoms with Crippen LogP contribution in [0.5, 0.6) is 0 Å². The van der Waals surface area contributed by atoms with Crippen molar-refractivity contribution < 1.29 is 17.9 Å². The fourth-order valence-corrected chi connectivity index (χ4v) is 3.59. The van der Waals surface area contributed by atoms with Crippen LogP contribution in [-0.4, -0.2) is 32.5 Å². The minimum atomic E-state index is -3.81. The second-order valence-corrected chi connectivity index (χ2v) is 6.17. The predicted molar refractivity (Wildman–Crippen MR) is 66.7 cm³/mol. The van der Waals surface area contributed by atoms with Gasteiger partial charge in [0.1, 0.15) is 0 Å². The predicted octanol–water partition coefficient (Wildman–Crippen LogP) is 0.620. The third-order valence-corrected chi connectivity index (χ3v) is 4.90. The summed E-state index contributed by atoms with van der Waals surface area (Å²) in [5, 5.41) is 0. The zero-order valence-electron chi connectivity index (χ0n) is 9.84. The summed E-state index contributed by atoms with van der Waals surface area (Å²) >= 11 is 0.846. The smallest absolute Gasteiger partial charge is 0.358 e. The summed E-state index contributed by atoms with van der Waals surface area (Å²) in [5.74, 6) is 1.56. The van der Waals surface area contributed by atoms with E-state index in [1.54, 1.807) is 6.92 Å². The third kappa shape index (κ3) is 3.29. The van der Waals surface area contributed by atoms with Crippen LogP contribution in [0.25, 0.3) is 0 Å². The lowest BCUT2D eigenvalue weighted by molar-refractivity contribution is 0.0590. The molecule has 0 saturated carbocycles. The first-order valence-corrected chi connectivity index (χ1v) is 7.26. The van der Waals surface area contributed by atoms with Crippen molar-refractivity contribution in [2.45, 2.75) is 23.6 Å². The van der Waals surface area contributed by atoms with Gasteiger partial charge in [-0.05, 0) is 6.92 Å². The Kier molecular flexibility index (Phi) is 4.84. The highest BCUT2D eigenvalue weighted by atomic mass is 32.2. The Bertz CT molecular complexity index is 571. The number of hydrogen-bond acceptors (Lipinski definition) is 6. The van der Waals surface area contributed by atoms with Gasteiger partial charge in [-0.2, -0.15) is 0 Å². The van der Waals surface area contributed by atoms with Crippen LogP contribution in [0, 0.1) is 12.3 Å². The van der Waals surface area contributed by atoms with Crippen LogP contribution in [0.15, 0.2) is 9.72 Å². The zero-order valence-corrected chi connectivity index (χ0v) is 11.5. The van der Waals surface area contributed by atoms with Crippen molar-refractivity contribution in [1.82, 2.24) is 9.71 Å². The van der Waals surface area contributed by atoms with E-state index in [-0.39, 0.29) is 16.3 Å². The number of rotatable bonds is 5. The molecule has 1 N–H and O–H groups in total. The molecule has 1 aromatic heterocycles. The lowest BCUT2D eigenvalue weighted by Crippen LogP contribution is -2.32. The molecule has 0 aliphatic carbocycles. The number of carbonyl (C=O) groups is 1. The van der Waals surface area contributed by atoms with Gasteiger partial charge < -0.3 is 4.74 Å². The van der Waals surface area contributed by atoms with Crippen molar-refractivity contribution in [1.29, 1.82) is 0 Å². The van der Waals surface area contributed by atoms with E-state index in [4.69, 9.17) is 6.42 Å². The molecule has 0 aromatic carbocycles. The van der Waals surface area contributed by atoms with E-state index in [0.717, 1.165) is 18.4 Å². The standard InChI is InChI=1S/C10H12N2O4S2/c1-4-5-7(2)12-18(14,15)10-8(9(13)16-3)11-6-17-10/h1,6-7,12H,5H2,2-3H3. The number of hydrogen-bond donors (Lipinski definition) is 1. The van der Waals surface area contributed by atoms with Gasteiger partial charge in [0.05, 0.1) is 12.6 Å². The van der Waals surface area contributed by atoms with Gasteiger partial charge >= 0.3 is 5.97 Å². The van der Waals surface area contributed by atoms with Crippen molar-refractivity contribution in [3.63, 3.8) is 0 Å². The maximum absolute atomic E-state index is 12.0. The molecular weight excluding hydrogens is 276 g/mol. The van der Waals surface area contributed by atoms with Crippen LogP contribution in [0.3, 0.4) is 0 Å². The van der Waals surface area contributed by atoms with Gasteiger partial charge in [0.2, 0.25) is 0 Å². The average molecular weight is 288 g/mol. The highest BCUT2D eigenvalue weighted by Gasteiger charge is 2.27. The van der Waals surface area contributed by atoms with Gasteiger partial charge in [-0.1, -0.05) is 0 Å². The molecule has 1 heterocycles. The SMILES string of the molecule is C#CCC(C)NS(=O)(=O)c1scnc1C(=O)OC. The monoisotopic (exact) mass is 288 g/mol. The number of carbonyl (C=O) groups excluding carboxylic acids is 1. The quantitative estimate of drug-likeness (QED) is 0.634. The largest absolute Gasteiger partial charge is 0.464 e. The molecule has 1 rings (SSSR count). The summed E-state index contributed by atoms with van der Waals surface area (Å²) in [4.78, 5) is 15.0. The molecule has 8 heteroatoms. The summed E-state index contributed by atoms with van der Waals surface area (Å²) in [5.41, 5.74) is 1.05. The Balaban J connectivity index is 3.03. The number of terminal acetylenes is 1. The molecule has 0 spiro atoms. The van der Waals surface area contributed by atoms with E-state index in [1.165, 1.54) is 5.51 Å². The number of methoxy groups -OCH3 is 1. The molecule has 0 aliphatic rings. The van der Waals surface area contributed by atoms with E-state index in [9.17, 15) is 13.2 Å². The normalized spacial score (nSPS) is 12.7. The molecule has 6 nitrogen and oxygen atoms in total. The minimum Gasteiger partial charge on any atom is -0.464 e. The van der Waals surface area contributed by atoms with Crippen LogP contribution in [0.2, 0.25) is 0 Å². The Morgan fingerprint density at radius 2 is 2.39 bits per heavy atom. The van der Waals surface area contributed by atoms with Crippen molar-refractivity contribution in [2.24, 2.45) is 0 Å². The summed E-state index contributed by atoms with van der Waals surface area (Å²) in [6.07, 6.45) is 5.35. The van der Waals surface area contributed by atoms with Crippen LogP contribution < -0.4 is 4.72 Å². The van der Waals surface area contributed by atoms with Gasteiger partial charge in [-0.15, -0.1) is 23.7 Å². The maximum Gasteiger partial charge on any atom is 0.358 e. The number of sulfonamides is 1. The lowest BCUT2D eigenvalue weighted by atomic mass is 10.3. The molecule has 0 radical (unpaired) electrons. The maximum atomic E-state index is 12.0. The fraction of sp³-hybridized carbons (Fsp3) is 0.400. The van der Waals surface area contributed by atoms with Crippen LogP contribution >= 0.6 is 11.3 Å². The lowest BCUT2D eigenvalue weighted by Gasteiger charge is -2.10. The molecule has 98 valence electrons. The number of thiazole rings is 1. The molecule has 18 heavy (non-hydrogen) atoms. The van der Waals surface area contributed by atoms with Gasteiger partial charge in [0.15, 0.2) is 9.90 Å². The van der Waals surface area contributed by atoms with E-state index in [2.05, 4.69) is 20.4 Å². The second kappa shape index (κ2) is 5.95. The Hall–Kier alpha value is -1.43. The van der Waals surface area contributed by atoms with Crippen molar-refractivity contribution in [3.8, 4) is 12.3 Å². The highest BCUT2D eigenvalue weighted by Crippen LogP contribution is 2.21. The fourth-order valence-electron chi connectivity index (χ4n) is 1.20. The Morgan fingerprint density at radius 1 is 1.72 bits per heavy atom. The third-order valence-electron chi connectivity index (χ3n) is 1.94. The van der Waals surface area contributed by atoms with Gasteiger partial charge in [0, 0.05) is 12.5 Å². The molecular formula is C10H12N2O4S2. The van der Waals surface area contributed by atoms with Crippen LogP contribution in [0.1, 0.15) is 23.8 Å². The number of nitrogens with zero attached hydrogens (tertiary/aromatic N) is 1. The molecule has 0 amide bonds. The summed E-state index contributed by atoms with van der Waals surface area (Å²) in [6, 6.07) is -0.424. The summed E-state index contributed by atoms with van der Waals surface area (Å²) in [6.45, 7) is 1.64. The van der Waals surface area contributed by atoms with Crippen LogP contribution in [0.4, 0.5) is 0 Å². The molecule has 0 bridgehead atoms. The summed E-state index contributed by atoms with van der Waals surface area (Å²) < 4.78 is 30.7. The van der Waals surface area contributed by atoms with Crippen molar-refractivity contribution in [2.75, 3.05) is 7.11 Å². The average Bonchev–Trinajstić information content (AvgIpc) is 2.77. The number of nitrogens with one attached hydrogen (secondary N) is 1. The Labute approximate surface area is 109 Å². The van der Waals surface area contributed by atoms with E-state index >= 15 is 0 Å². The van der Waals surface area contributed by atoms with Crippen molar-refractivity contribution >= 4 is 27.3 Å². The second-order valence-electron chi connectivity index (χ2n) is 3.41.